The van der Waals surface area contributed by atoms with Crippen LogP contribution < -0.4 is 5.43 Å². The SMILES string of the molecule is Clc1ccc(NN=C(Cc2ccccn2)c2ccccc2)cc1. The molecule has 0 saturated carbocycles. The van der Waals surface area contributed by atoms with Crippen LogP contribution in [0.2, 0.25) is 5.02 Å². The molecular formula is C19H16ClN3. The summed E-state index contributed by atoms with van der Waals surface area (Å²) in [5, 5.41) is 5.28. The summed E-state index contributed by atoms with van der Waals surface area (Å²) in [6.07, 6.45) is 2.45. The second kappa shape index (κ2) is 7.56. The maximum Gasteiger partial charge on any atom is 0.0738 e. The zero-order valence-corrected chi connectivity index (χ0v) is 13.2. The van der Waals surface area contributed by atoms with Crippen LogP contribution in [0.15, 0.2) is 84.1 Å². The van der Waals surface area contributed by atoms with Crippen LogP contribution in [0.1, 0.15) is 11.3 Å². The molecule has 0 radical (unpaired) electrons. The number of nitrogens with one attached hydrogen (secondary N) is 1. The Labute approximate surface area is 140 Å². The molecule has 0 atom stereocenters. The number of hydrazone groups is 1. The highest BCUT2D eigenvalue weighted by Crippen LogP contribution is 2.14. The van der Waals surface area contributed by atoms with Gasteiger partial charge in [0.1, 0.15) is 0 Å². The van der Waals surface area contributed by atoms with Crippen molar-refractivity contribution in [1.82, 2.24) is 4.98 Å². The predicted octanol–water partition coefficient (Wildman–Crippen LogP) is 4.79. The number of halogens is 1. The first-order valence-electron chi connectivity index (χ1n) is 7.35. The largest absolute Gasteiger partial charge is 0.278 e. The maximum absolute atomic E-state index is 5.91. The van der Waals surface area contributed by atoms with E-state index in [1.165, 1.54) is 0 Å². The Kier molecular flexibility index (Phi) is 5.02. The highest BCUT2D eigenvalue weighted by molar-refractivity contribution is 6.30. The summed E-state index contributed by atoms with van der Waals surface area (Å²) in [4.78, 5) is 4.38. The number of hydrogen-bond donors (Lipinski definition) is 1. The first kappa shape index (κ1) is 15.3. The monoisotopic (exact) mass is 321 g/mol. The molecular weight excluding hydrogens is 306 g/mol. The quantitative estimate of drug-likeness (QED) is 0.541. The van der Waals surface area contributed by atoms with Gasteiger partial charge in [-0.25, -0.2) is 0 Å². The molecule has 1 heterocycles. The minimum absolute atomic E-state index is 0.658. The van der Waals surface area contributed by atoms with Gasteiger partial charge in [0.25, 0.3) is 0 Å². The van der Waals surface area contributed by atoms with Crippen molar-refractivity contribution < 1.29 is 0 Å². The fourth-order valence-corrected chi connectivity index (χ4v) is 2.29. The maximum atomic E-state index is 5.91. The van der Waals surface area contributed by atoms with Crippen molar-refractivity contribution >= 4 is 23.0 Å². The molecule has 1 N–H and O–H groups in total. The zero-order chi connectivity index (χ0) is 15.9. The van der Waals surface area contributed by atoms with Crippen molar-refractivity contribution in [3.63, 3.8) is 0 Å². The van der Waals surface area contributed by atoms with E-state index in [0.717, 1.165) is 22.7 Å². The fourth-order valence-electron chi connectivity index (χ4n) is 2.17. The van der Waals surface area contributed by atoms with Crippen LogP contribution in [0.3, 0.4) is 0 Å². The number of anilines is 1. The lowest BCUT2D eigenvalue weighted by molar-refractivity contribution is 1.13. The van der Waals surface area contributed by atoms with E-state index in [-0.39, 0.29) is 0 Å². The second-order valence-electron chi connectivity index (χ2n) is 5.04. The Bertz CT molecular complexity index is 769. The first-order valence-corrected chi connectivity index (χ1v) is 7.72. The summed E-state index contributed by atoms with van der Waals surface area (Å²) in [6.45, 7) is 0. The summed E-state index contributed by atoms with van der Waals surface area (Å²) in [7, 11) is 0. The van der Waals surface area contributed by atoms with Crippen molar-refractivity contribution in [1.29, 1.82) is 0 Å². The molecule has 114 valence electrons. The Balaban J connectivity index is 1.85. The van der Waals surface area contributed by atoms with Crippen LogP contribution in [-0.4, -0.2) is 10.7 Å². The highest BCUT2D eigenvalue weighted by atomic mass is 35.5. The summed E-state index contributed by atoms with van der Waals surface area (Å²) in [5.41, 5.74) is 6.96. The van der Waals surface area contributed by atoms with Crippen molar-refractivity contribution in [2.45, 2.75) is 6.42 Å². The Hall–Kier alpha value is -2.65. The van der Waals surface area contributed by atoms with Gasteiger partial charge in [-0.2, -0.15) is 5.10 Å². The molecule has 0 aliphatic heterocycles. The van der Waals surface area contributed by atoms with Crippen LogP contribution >= 0.6 is 11.6 Å². The van der Waals surface area contributed by atoms with Gasteiger partial charge in [0, 0.05) is 23.3 Å². The third-order valence-electron chi connectivity index (χ3n) is 3.35. The summed E-state index contributed by atoms with van der Waals surface area (Å²) in [5.74, 6) is 0. The van der Waals surface area contributed by atoms with Crippen molar-refractivity contribution in [2.24, 2.45) is 5.10 Å². The van der Waals surface area contributed by atoms with E-state index in [2.05, 4.69) is 15.5 Å². The van der Waals surface area contributed by atoms with Crippen molar-refractivity contribution in [3.8, 4) is 0 Å². The molecule has 2 aromatic carbocycles. The van der Waals surface area contributed by atoms with Crippen LogP contribution in [0, 0.1) is 0 Å². The normalized spacial score (nSPS) is 11.3. The van der Waals surface area contributed by atoms with Gasteiger partial charge < -0.3 is 0 Å². The van der Waals surface area contributed by atoms with Crippen molar-refractivity contribution in [2.75, 3.05) is 5.43 Å². The molecule has 0 bridgehead atoms. The smallest absolute Gasteiger partial charge is 0.0738 e. The molecule has 0 fully saturated rings. The molecule has 0 aliphatic carbocycles. The Morgan fingerprint density at radius 1 is 0.913 bits per heavy atom. The zero-order valence-electron chi connectivity index (χ0n) is 12.5. The van der Waals surface area contributed by atoms with Gasteiger partial charge in [-0.05, 0) is 42.0 Å². The molecule has 0 unspecified atom stereocenters. The summed E-state index contributed by atoms with van der Waals surface area (Å²) >= 11 is 5.91. The molecule has 0 saturated heterocycles. The highest BCUT2D eigenvalue weighted by Gasteiger charge is 2.06. The average molecular weight is 322 g/mol. The van der Waals surface area contributed by atoms with Gasteiger partial charge in [-0.15, -0.1) is 0 Å². The topological polar surface area (TPSA) is 37.3 Å². The molecule has 3 rings (SSSR count). The molecule has 3 aromatic rings. The van der Waals surface area contributed by atoms with Crippen LogP contribution in [0.25, 0.3) is 0 Å². The van der Waals surface area contributed by atoms with Gasteiger partial charge in [0.15, 0.2) is 0 Å². The first-order chi connectivity index (χ1) is 11.3. The number of nitrogens with zero attached hydrogens (tertiary/aromatic N) is 2. The Morgan fingerprint density at radius 3 is 2.35 bits per heavy atom. The number of rotatable bonds is 5. The lowest BCUT2D eigenvalue weighted by Gasteiger charge is -2.08. The van der Waals surface area contributed by atoms with E-state index in [4.69, 9.17) is 11.6 Å². The van der Waals surface area contributed by atoms with E-state index in [0.29, 0.717) is 11.4 Å². The van der Waals surface area contributed by atoms with Crippen LogP contribution in [0.4, 0.5) is 5.69 Å². The van der Waals surface area contributed by atoms with Crippen LogP contribution in [0.5, 0.6) is 0 Å². The fraction of sp³-hybridized carbons (Fsp3) is 0.0526. The standard InChI is InChI=1S/C19H16ClN3/c20-16-9-11-17(12-10-16)22-23-19(15-6-2-1-3-7-15)14-18-8-4-5-13-21-18/h1-13,22H,14H2. The molecule has 4 heteroatoms. The number of hydrogen-bond acceptors (Lipinski definition) is 3. The molecule has 0 amide bonds. The minimum Gasteiger partial charge on any atom is -0.278 e. The van der Waals surface area contributed by atoms with Gasteiger partial charge in [-0.1, -0.05) is 48.0 Å². The third kappa shape index (κ3) is 4.41. The molecule has 1 aromatic heterocycles. The lowest BCUT2D eigenvalue weighted by Crippen LogP contribution is -2.09. The molecule has 23 heavy (non-hydrogen) atoms. The number of benzene rings is 2. The number of aromatic nitrogens is 1. The Morgan fingerprint density at radius 2 is 1.65 bits per heavy atom. The molecule has 0 aliphatic rings. The van der Waals surface area contributed by atoms with Gasteiger partial charge in [0.2, 0.25) is 0 Å². The van der Waals surface area contributed by atoms with Gasteiger partial charge in [0.05, 0.1) is 11.4 Å². The second-order valence-corrected chi connectivity index (χ2v) is 5.48. The lowest BCUT2D eigenvalue weighted by atomic mass is 10.1. The molecule has 3 nitrogen and oxygen atoms in total. The minimum atomic E-state index is 0.658. The average Bonchev–Trinajstić information content (AvgIpc) is 2.61. The summed E-state index contributed by atoms with van der Waals surface area (Å²) < 4.78 is 0. The van der Waals surface area contributed by atoms with Crippen molar-refractivity contribution in [3.05, 3.63) is 95.3 Å². The van der Waals surface area contributed by atoms with E-state index >= 15 is 0 Å². The van der Waals surface area contributed by atoms with E-state index < -0.39 is 0 Å². The van der Waals surface area contributed by atoms with Crippen LogP contribution in [-0.2, 0) is 6.42 Å². The van der Waals surface area contributed by atoms with Gasteiger partial charge in [-0.3, -0.25) is 10.4 Å². The predicted molar refractivity (Wildman–Crippen MR) is 96.0 cm³/mol. The van der Waals surface area contributed by atoms with E-state index in [1.807, 2.05) is 72.8 Å². The van der Waals surface area contributed by atoms with Gasteiger partial charge >= 0.3 is 0 Å². The number of pyridine rings is 1. The van der Waals surface area contributed by atoms with E-state index in [1.54, 1.807) is 6.20 Å². The third-order valence-corrected chi connectivity index (χ3v) is 3.60. The summed E-state index contributed by atoms with van der Waals surface area (Å²) in [6, 6.07) is 23.5. The molecule has 0 spiro atoms. The van der Waals surface area contributed by atoms with E-state index in [9.17, 15) is 0 Å².